The van der Waals surface area contributed by atoms with Crippen LogP contribution in [-0.4, -0.2) is 87.3 Å². The van der Waals surface area contributed by atoms with Crippen molar-refractivity contribution >= 4 is 82.9 Å². The second kappa shape index (κ2) is 15.9. The Morgan fingerprint density at radius 3 is 1.26 bits per heavy atom. The van der Waals surface area contributed by atoms with Gasteiger partial charge in [-0.3, -0.25) is 0 Å². The Kier molecular flexibility index (Phi) is 9.91. The third-order valence-corrected chi connectivity index (χ3v) is 11.5. The number of fused-ring (bicyclic) bond motifs is 9. The minimum absolute atomic E-state index is 0.260. The molecule has 9 aromatic rings. The highest BCUT2D eigenvalue weighted by Gasteiger charge is 2.20. The summed E-state index contributed by atoms with van der Waals surface area (Å²) >= 11 is 0. The van der Waals surface area contributed by atoms with E-state index in [1.807, 2.05) is 36.8 Å². The van der Waals surface area contributed by atoms with Gasteiger partial charge in [-0.25, -0.2) is 19.3 Å². The lowest BCUT2D eigenvalue weighted by Crippen LogP contribution is -2.22. The van der Waals surface area contributed by atoms with Crippen molar-refractivity contribution in [3.05, 3.63) is 109 Å². The zero-order valence-corrected chi connectivity index (χ0v) is 32.1. The average Bonchev–Trinajstić information content (AvgIpc) is 4.10. The second-order valence-electron chi connectivity index (χ2n) is 15.4. The van der Waals surface area contributed by atoms with E-state index in [1.165, 1.54) is 44.7 Å². The highest BCUT2D eigenvalue weighted by molar-refractivity contribution is 6.10. The number of halogens is 1. The number of anilines is 3. The van der Waals surface area contributed by atoms with Crippen molar-refractivity contribution in [3.63, 3.8) is 0 Å². The second-order valence-corrected chi connectivity index (χ2v) is 15.4. The fraction of sp³-hybridized carbons (Fsp3) is 0.267. The normalized spacial score (nSPS) is 19.2. The van der Waals surface area contributed by atoms with Crippen LogP contribution in [0.25, 0.3) is 65.4 Å². The maximum absolute atomic E-state index is 13.4. The van der Waals surface area contributed by atoms with Gasteiger partial charge in [0, 0.05) is 94.7 Å². The molecule has 294 valence electrons. The molecule has 3 aliphatic heterocycles. The van der Waals surface area contributed by atoms with E-state index in [1.54, 1.807) is 6.07 Å². The molecule has 0 radical (unpaired) electrons. The number of hydrogen-bond donors (Lipinski definition) is 9. The maximum atomic E-state index is 13.4. The maximum Gasteiger partial charge on any atom is 0.136 e. The third kappa shape index (κ3) is 7.23. The summed E-state index contributed by atoms with van der Waals surface area (Å²) in [5.74, 6) is 2.55. The fourth-order valence-corrected chi connectivity index (χ4v) is 8.53. The molecule has 0 spiro atoms. The first-order chi connectivity index (χ1) is 28.6. The molecule has 3 saturated heterocycles. The number of pyridine rings is 3. The summed E-state index contributed by atoms with van der Waals surface area (Å²) in [4.78, 5) is 24.1. The molecule has 0 saturated carbocycles. The molecule has 0 aliphatic carbocycles. The zero-order chi connectivity index (χ0) is 38.8. The SMILES string of the molecule is Fc1ccc2c(c1)nc(NC1CCNC1)c1cc[nH]c12.c1ccc2c(c1)nc(N[C@@H]1CCNC1)c1cc[nH]c12.c1ccc2c(c1)nc(N[C@H]1CCNC1)c1cc[nH]c12. The average molecular weight is 775 g/mol. The number of H-pyrrole nitrogens is 3. The van der Waals surface area contributed by atoms with Crippen LogP contribution in [0.15, 0.2) is 104 Å². The number of nitrogens with one attached hydrogen (secondary N) is 9. The van der Waals surface area contributed by atoms with Crippen LogP contribution < -0.4 is 31.9 Å². The van der Waals surface area contributed by atoms with Crippen molar-refractivity contribution < 1.29 is 4.39 Å². The first-order valence-electron chi connectivity index (χ1n) is 20.3. The first-order valence-corrected chi connectivity index (χ1v) is 20.3. The molecule has 3 aliphatic rings. The summed E-state index contributed by atoms with van der Waals surface area (Å²) in [5.41, 5.74) is 6.08. The summed E-state index contributed by atoms with van der Waals surface area (Å²) in [5, 5.41) is 27.4. The Bertz CT molecular complexity index is 2710. The van der Waals surface area contributed by atoms with E-state index in [4.69, 9.17) is 9.97 Å². The Morgan fingerprint density at radius 1 is 0.448 bits per heavy atom. The van der Waals surface area contributed by atoms with Gasteiger partial charge in [0.15, 0.2) is 0 Å². The molecular formula is C45H47FN12. The zero-order valence-electron chi connectivity index (χ0n) is 32.1. The van der Waals surface area contributed by atoms with Crippen LogP contribution in [0.1, 0.15) is 19.3 Å². The topological polar surface area (TPSA) is 158 Å². The standard InChI is InChI=1S/C15H15FN4.2C15H16N4/c16-9-1-2-11-13(7-9)20-15(12-4-6-18-14(11)12)19-10-3-5-17-8-10;2*1-2-4-13-11(3-1)14-12(6-8-17-14)15(19-13)18-10-5-7-16-9-10/h1-2,4,6-7,10,17-18H,3,5,8H2,(H,19,20);2*1-4,6,8,10,16-17H,5,7,9H2,(H,18,19)/t;2*10-/m.10/s1. The lowest BCUT2D eigenvalue weighted by molar-refractivity contribution is 0.629. The predicted molar refractivity (Wildman–Crippen MR) is 235 cm³/mol. The summed E-state index contributed by atoms with van der Waals surface area (Å²) in [6.45, 7) is 6.16. The van der Waals surface area contributed by atoms with Crippen molar-refractivity contribution in [1.29, 1.82) is 0 Å². The Hall–Kier alpha value is -6.28. The van der Waals surface area contributed by atoms with E-state index in [9.17, 15) is 4.39 Å². The van der Waals surface area contributed by atoms with Crippen LogP contribution in [0.4, 0.5) is 21.8 Å². The number of aromatic nitrogens is 6. The lowest BCUT2D eigenvalue weighted by atomic mass is 10.1. The van der Waals surface area contributed by atoms with Gasteiger partial charge in [0.1, 0.15) is 23.3 Å². The molecule has 3 fully saturated rings. The van der Waals surface area contributed by atoms with Crippen molar-refractivity contribution in [2.75, 3.05) is 55.2 Å². The molecular weight excluding hydrogens is 728 g/mol. The van der Waals surface area contributed by atoms with Gasteiger partial charge in [0.05, 0.1) is 33.1 Å². The van der Waals surface area contributed by atoms with E-state index >= 15 is 0 Å². The molecule has 3 aromatic carbocycles. The first kappa shape index (κ1) is 36.1. The number of nitrogens with zero attached hydrogens (tertiary/aromatic N) is 3. The minimum Gasteiger partial charge on any atom is -0.365 e. The largest absolute Gasteiger partial charge is 0.365 e. The smallest absolute Gasteiger partial charge is 0.136 e. The molecule has 0 amide bonds. The van der Waals surface area contributed by atoms with Gasteiger partial charge in [0.2, 0.25) is 0 Å². The Balaban J connectivity index is 0.000000106. The summed E-state index contributed by atoms with van der Waals surface area (Å²) in [6, 6.07) is 28.8. The van der Waals surface area contributed by atoms with Crippen LogP contribution in [0.5, 0.6) is 0 Å². The van der Waals surface area contributed by atoms with Crippen molar-refractivity contribution in [1.82, 2.24) is 45.9 Å². The van der Waals surface area contributed by atoms with E-state index in [0.717, 1.165) is 103 Å². The fourth-order valence-electron chi connectivity index (χ4n) is 8.53. The summed E-state index contributed by atoms with van der Waals surface area (Å²) < 4.78 is 13.4. The summed E-state index contributed by atoms with van der Waals surface area (Å²) in [7, 11) is 0. The third-order valence-electron chi connectivity index (χ3n) is 11.5. The minimum atomic E-state index is -0.260. The van der Waals surface area contributed by atoms with Gasteiger partial charge in [0.25, 0.3) is 0 Å². The van der Waals surface area contributed by atoms with Gasteiger partial charge >= 0.3 is 0 Å². The Morgan fingerprint density at radius 2 is 0.845 bits per heavy atom. The van der Waals surface area contributed by atoms with Crippen LogP contribution in [0.2, 0.25) is 0 Å². The molecule has 12 rings (SSSR count). The Labute approximate surface area is 334 Å². The molecule has 9 N–H and O–H groups in total. The van der Waals surface area contributed by atoms with Gasteiger partial charge in [-0.2, -0.15) is 0 Å². The molecule has 3 atom stereocenters. The lowest BCUT2D eigenvalue weighted by Gasteiger charge is -2.14. The molecule has 12 nitrogen and oxygen atoms in total. The monoisotopic (exact) mass is 774 g/mol. The highest BCUT2D eigenvalue weighted by atomic mass is 19.1. The van der Waals surface area contributed by atoms with Gasteiger partial charge in [-0.15, -0.1) is 0 Å². The molecule has 9 heterocycles. The molecule has 1 unspecified atom stereocenters. The van der Waals surface area contributed by atoms with Crippen LogP contribution in [-0.2, 0) is 0 Å². The van der Waals surface area contributed by atoms with Crippen LogP contribution >= 0.6 is 0 Å². The van der Waals surface area contributed by atoms with Gasteiger partial charge in [-0.05, 0) is 81.4 Å². The number of para-hydroxylation sites is 2. The van der Waals surface area contributed by atoms with E-state index < -0.39 is 0 Å². The highest BCUT2D eigenvalue weighted by Crippen LogP contribution is 2.32. The molecule has 0 bridgehead atoms. The van der Waals surface area contributed by atoms with Crippen LogP contribution in [0, 0.1) is 5.82 Å². The molecule has 58 heavy (non-hydrogen) atoms. The number of aromatic amines is 3. The van der Waals surface area contributed by atoms with Crippen molar-refractivity contribution in [2.45, 2.75) is 37.4 Å². The molecule has 6 aromatic heterocycles. The van der Waals surface area contributed by atoms with E-state index in [0.29, 0.717) is 23.6 Å². The number of benzene rings is 3. The number of rotatable bonds is 6. The quantitative estimate of drug-likeness (QED) is 0.0830. The van der Waals surface area contributed by atoms with Crippen molar-refractivity contribution in [2.24, 2.45) is 0 Å². The summed E-state index contributed by atoms with van der Waals surface area (Å²) in [6.07, 6.45) is 9.25. The van der Waals surface area contributed by atoms with E-state index in [2.05, 4.69) is 100 Å². The van der Waals surface area contributed by atoms with Gasteiger partial charge in [-0.1, -0.05) is 36.4 Å². The van der Waals surface area contributed by atoms with Crippen molar-refractivity contribution in [3.8, 4) is 0 Å². The molecule has 13 heteroatoms. The number of hydrogen-bond acceptors (Lipinski definition) is 9. The predicted octanol–water partition coefficient (Wildman–Crippen LogP) is 7.61. The van der Waals surface area contributed by atoms with Crippen LogP contribution in [0.3, 0.4) is 0 Å². The van der Waals surface area contributed by atoms with E-state index in [-0.39, 0.29) is 5.82 Å². The van der Waals surface area contributed by atoms with Gasteiger partial charge < -0.3 is 46.9 Å².